The maximum Gasteiger partial charge on any atom is 0.161 e. The molecule has 0 saturated carbocycles. The maximum atomic E-state index is 9.76. The molecule has 1 aromatic rings. The summed E-state index contributed by atoms with van der Waals surface area (Å²) in [5.74, 6) is -0.0779. The largest absolute Gasteiger partial charge is 0.504 e. The number of aromatic hydroxyl groups is 2. The van der Waals surface area contributed by atoms with Crippen molar-refractivity contribution in [2.45, 2.75) is 39.7 Å². The van der Waals surface area contributed by atoms with Gasteiger partial charge in [0.2, 0.25) is 0 Å². The van der Waals surface area contributed by atoms with Crippen LogP contribution in [0.5, 0.6) is 11.5 Å². The standard InChI is InChI=1S/C12H19NO2/c1-7-5-9(6-12(3,4)13)11(15)10(14)8(7)2/h5,14-15H,6,13H2,1-4H3. The molecule has 0 aliphatic carbocycles. The van der Waals surface area contributed by atoms with E-state index in [4.69, 9.17) is 5.73 Å². The molecular formula is C12H19NO2. The molecule has 0 spiro atoms. The Labute approximate surface area is 90.5 Å². The zero-order valence-corrected chi connectivity index (χ0v) is 9.76. The highest BCUT2D eigenvalue weighted by atomic mass is 16.3. The van der Waals surface area contributed by atoms with Crippen LogP contribution in [0.3, 0.4) is 0 Å². The molecule has 0 bridgehead atoms. The molecule has 3 nitrogen and oxygen atoms in total. The number of phenolic OH excluding ortho intramolecular Hbond substituents is 2. The number of hydrogen-bond donors (Lipinski definition) is 3. The zero-order chi connectivity index (χ0) is 11.8. The predicted octanol–water partition coefficient (Wildman–Crippen LogP) is 1.99. The molecule has 1 aromatic carbocycles. The molecule has 0 amide bonds. The van der Waals surface area contributed by atoms with Gasteiger partial charge in [0.15, 0.2) is 11.5 Å². The van der Waals surface area contributed by atoms with Gasteiger partial charge in [-0.2, -0.15) is 0 Å². The fraction of sp³-hybridized carbons (Fsp3) is 0.500. The van der Waals surface area contributed by atoms with Gasteiger partial charge in [-0.25, -0.2) is 0 Å². The van der Waals surface area contributed by atoms with Gasteiger partial charge in [-0.1, -0.05) is 6.07 Å². The van der Waals surface area contributed by atoms with Gasteiger partial charge in [-0.05, 0) is 50.8 Å². The van der Waals surface area contributed by atoms with Crippen molar-refractivity contribution in [3.05, 3.63) is 22.8 Å². The summed E-state index contributed by atoms with van der Waals surface area (Å²) < 4.78 is 0. The minimum atomic E-state index is -0.397. The van der Waals surface area contributed by atoms with E-state index in [1.165, 1.54) is 0 Å². The number of benzene rings is 1. The lowest BCUT2D eigenvalue weighted by molar-refractivity contribution is 0.390. The first-order chi connectivity index (χ1) is 6.72. The van der Waals surface area contributed by atoms with E-state index in [1.807, 2.05) is 26.8 Å². The molecule has 0 fully saturated rings. The minimum Gasteiger partial charge on any atom is -0.504 e. The van der Waals surface area contributed by atoms with Crippen molar-refractivity contribution < 1.29 is 10.2 Å². The molecular weight excluding hydrogens is 190 g/mol. The number of phenols is 2. The summed E-state index contributed by atoms with van der Waals surface area (Å²) in [6, 6.07) is 1.87. The van der Waals surface area contributed by atoms with Crippen LogP contribution in [0, 0.1) is 13.8 Å². The van der Waals surface area contributed by atoms with Crippen LogP contribution in [0.1, 0.15) is 30.5 Å². The van der Waals surface area contributed by atoms with Crippen molar-refractivity contribution in [2.24, 2.45) is 5.73 Å². The number of aryl methyl sites for hydroxylation is 1. The Bertz CT molecular complexity index is 378. The molecule has 0 aliphatic heterocycles. The molecule has 0 radical (unpaired) electrons. The lowest BCUT2D eigenvalue weighted by Crippen LogP contribution is -2.34. The fourth-order valence-corrected chi connectivity index (χ4v) is 1.58. The number of hydrogen-bond acceptors (Lipinski definition) is 3. The van der Waals surface area contributed by atoms with Gasteiger partial charge in [0.1, 0.15) is 0 Å². The summed E-state index contributed by atoms with van der Waals surface area (Å²) in [6.07, 6.45) is 0.535. The molecule has 84 valence electrons. The third-order valence-corrected chi connectivity index (χ3v) is 2.51. The summed E-state index contributed by atoms with van der Waals surface area (Å²) >= 11 is 0. The van der Waals surface area contributed by atoms with E-state index in [1.54, 1.807) is 6.92 Å². The monoisotopic (exact) mass is 209 g/mol. The van der Waals surface area contributed by atoms with Crippen molar-refractivity contribution in [1.29, 1.82) is 0 Å². The van der Waals surface area contributed by atoms with E-state index >= 15 is 0 Å². The minimum absolute atomic E-state index is 0.0331. The molecule has 1 rings (SSSR count). The molecule has 0 saturated heterocycles. The average molecular weight is 209 g/mol. The third-order valence-electron chi connectivity index (χ3n) is 2.51. The van der Waals surface area contributed by atoms with Gasteiger partial charge >= 0.3 is 0 Å². The molecule has 4 N–H and O–H groups in total. The predicted molar refractivity (Wildman–Crippen MR) is 61.2 cm³/mol. The SMILES string of the molecule is Cc1cc(CC(C)(C)N)c(O)c(O)c1C. The van der Waals surface area contributed by atoms with Gasteiger partial charge in [0.05, 0.1) is 0 Å². The molecule has 0 atom stereocenters. The summed E-state index contributed by atoms with van der Waals surface area (Å²) in [7, 11) is 0. The van der Waals surface area contributed by atoms with Crippen molar-refractivity contribution in [3.63, 3.8) is 0 Å². The second kappa shape index (κ2) is 3.74. The van der Waals surface area contributed by atoms with Gasteiger partial charge in [-0.15, -0.1) is 0 Å². The molecule has 0 heterocycles. The highest BCUT2D eigenvalue weighted by Gasteiger charge is 2.18. The van der Waals surface area contributed by atoms with Crippen molar-refractivity contribution >= 4 is 0 Å². The summed E-state index contributed by atoms with van der Waals surface area (Å²) in [4.78, 5) is 0. The smallest absolute Gasteiger partial charge is 0.161 e. The van der Waals surface area contributed by atoms with Crippen molar-refractivity contribution in [2.75, 3.05) is 0 Å². The zero-order valence-electron chi connectivity index (χ0n) is 9.76. The maximum absolute atomic E-state index is 9.76. The lowest BCUT2D eigenvalue weighted by Gasteiger charge is -2.20. The van der Waals surface area contributed by atoms with E-state index in [9.17, 15) is 10.2 Å². The van der Waals surface area contributed by atoms with Crippen LogP contribution >= 0.6 is 0 Å². The van der Waals surface area contributed by atoms with E-state index in [2.05, 4.69) is 0 Å². The highest BCUT2D eigenvalue weighted by molar-refractivity contribution is 5.53. The quantitative estimate of drug-likeness (QED) is 0.653. The second-order valence-electron chi connectivity index (χ2n) is 4.84. The van der Waals surface area contributed by atoms with Gasteiger partial charge in [0.25, 0.3) is 0 Å². The van der Waals surface area contributed by atoms with Gasteiger partial charge < -0.3 is 15.9 Å². The fourth-order valence-electron chi connectivity index (χ4n) is 1.58. The number of rotatable bonds is 2. The second-order valence-corrected chi connectivity index (χ2v) is 4.84. The summed E-state index contributed by atoms with van der Waals surface area (Å²) in [5.41, 5.74) is 7.86. The summed E-state index contributed by atoms with van der Waals surface area (Å²) in [6.45, 7) is 7.46. The van der Waals surface area contributed by atoms with Crippen LogP contribution in [0.25, 0.3) is 0 Å². The van der Waals surface area contributed by atoms with Crippen LogP contribution in [0.4, 0.5) is 0 Å². The van der Waals surface area contributed by atoms with E-state index < -0.39 is 5.54 Å². The Balaban J connectivity index is 3.21. The molecule has 15 heavy (non-hydrogen) atoms. The first kappa shape index (κ1) is 11.9. The Hall–Kier alpha value is -1.22. The van der Waals surface area contributed by atoms with E-state index in [0.29, 0.717) is 17.5 Å². The van der Waals surface area contributed by atoms with E-state index in [-0.39, 0.29) is 11.5 Å². The average Bonchev–Trinajstić information content (AvgIpc) is 2.08. The topological polar surface area (TPSA) is 66.5 Å². The molecule has 0 aliphatic rings. The van der Waals surface area contributed by atoms with Crippen molar-refractivity contribution in [1.82, 2.24) is 0 Å². The molecule has 3 heteroatoms. The lowest BCUT2D eigenvalue weighted by atomic mass is 9.93. The Morgan fingerprint density at radius 1 is 1.20 bits per heavy atom. The summed E-state index contributed by atoms with van der Waals surface area (Å²) in [5, 5.41) is 19.4. The Kier molecular flexibility index (Phi) is 2.95. The normalized spacial score (nSPS) is 11.8. The Morgan fingerprint density at radius 2 is 1.73 bits per heavy atom. The molecule has 0 unspecified atom stereocenters. The van der Waals surface area contributed by atoms with Crippen LogP contribution in [-0.4, -0.2) is 15.8 Å². The highest BCUT2D eigenvalue weighted by Crippen LogP contribution is 2.35. The van der Waals surface area contributed by atoms with Crippen LogP contribution < -0.4 is 5.73 Å². The first-order valence-corrected chi connectivity index (χ1v) is 5.02. The first-order valence-electron chi connectivity index (χ1n) is 5.02. The third kappa shape index (κ3) is 2.63. The van der Waals surface area contributed by atoms with Crippen LogP contribution in [0.15, 0.2) is 6.07 Å². The van der Waals surface area contributed by atoms with Gasteiger partial charge in [0, 0.05) is 5.54 Å². The van der Waals surface area contributed by atoms with E-state index in [0.717, 1.165) is 5.56 Å². The van der Waals surface area contributed by atoms with Crippen molar-refractivity contribution in [3.8, 4) is 11.5 Å². The Morgan fingerprint density at radius 3 is 2.20 bits per heavy atom. The van der Waals surface area contributed by atoms with Crippen LogP contribution in [-0.2, 0) is 6.42 Å². The van der Waals surface area contributed by atoms with Crippen LogP contribution in [0.2, 0.25) is 0 Å². The molecule has 0 aromatic heterocycles. The number of nitrogens with two attached hydrogens (primary N) is 1. The van der Waals surface area contributed by atoms with Gasteiger partial charge in [-0.3, -0.25) is 0 Å².